The van der Waals surface area contributed by atoms with Crippen molar-refractivity contribution in [1.82, 2.24) is 0 Å². The minimum absolute atomic E-state index is 0.217. The van der Waals surface area contributed by atoms with E-state index in [4.69, 9.17) is 4.43 Å². The molecule has 0 N–H and O–H groups in total. The van der Waals surface area contributed by atoms with Gasteiger partial charge in [0.15, 0.2) is 8.32 Å². The molecule has 1 nitrogen and oxygen atoms in total. The van der Waals surface area contributed by atoms with Gasteiger partial charge in [0.2, 0.25) is 0 Å². The summed E-state index contributed by atoms with van der Waals surface area (Å²) in [6, 6.07) is 1.36. The van der Waals surface area contributed by atoms with Gasteiger partial charge in [-0.15, -0.1) is 0 Å². The van der Waals surface area contributed by atoms with Crippen LogP contribution in [0.1, 0.15) is 90.9 Å². The quantitative estimate of drug-likeness (QED) is 0.323. The van der Waals surface area contributed by atoms with E-state index in [1.54, 1.807) is 0 Å². The number of unbranched alkanes of at least 4 members (excludes halogenated alkanes) is 8. The van der Waals surface area contributed by atoms with Crippen LogP contribution in [-0.2, 0) is 4.43 Å². The maximum absolute atomic E-state index is 6.47. The third kappa shape index (κ3) is 7.83. The van der Waals surface area contributed by atoms with Crippen LogP contribution in [-0.4, -0.2) is 13.9 Å². The lowest BCUT2D eigenvalue weighted by molar-refractivity contribution is 0.0418. The fourth-order valence-corrected chi connectivity index (χ4v) is 6.31. The van der Waals surface area contributed by atoms with E-state index in [0.717, 1.165) is 0 Å². The van der Waals surface area contributed by atoms with Gasteiger partial charge in [-0.05, 0) is 38.9 Å². The predicted molar refractivity (Wildman–Crippen MR) is 92.9 cm³/mol. The summed E-state index contributed by atoms with van der Waals surface area (Å²) in [6.07, 6.45) is 16.8. The molecule has 1 fully saturated rings. The van der Waals surface area contributed by atoms with Crippen molar-refractivity contribution in [3.8, 4) is 0 Å². The zero-order chi connectivity index (χ0) is 14.9. The van der Waals surface area contributed by atoms with Gasteiger partial charge in [-0.3, -0.25) is 0 Å². The maximum Gasteiger partial charge on any atom is 0.187 e. The van der Waals surface area contributed by atoms with Crippen LogP contribution < -0.4 is 0 Å². The Kier molecular flexibility index (Phi) is 8.43. The van der Waals surface area contributed by atoms with E-state index in [0.29, 0.717) is 0 Å². The van der Waals surface area contributed by atoms with Gasteiger partial charge in [-0.1, -0.05) is 71.1 Å². The van der Waals surface area contributed by atoms with E-state index < -0.39 is 8.32 Å². The van der Waals surface area contributed by atoms with Crippen molar-refractivity contribution in [3.63, 3.8) is 0 Å². The first-order valence-electron chi connectivity index (χ1n) is 9.18. The van der Waals surface area contributed by atoms with Crippen LogP contribution in [0.5, 0.6) is 0 Å². The lowest BCUT2D eigenvalue weighted by Crippen LogP contribution is -2.46. The third-order valence-electron chi connectivity index (χ3n) is 4.82. The van der Waals surface area contributed by atoms with E-state index in [-0.39, 0.29) is 5.60 Å². The zero-order valence-corrected chi connectivity index (χ0v) is 15.6. The smallest absolute Gasteiger partial charge is 0.187 e. The summed E-state index contributed by atoms with van der Waals surface area (Å²) in [5.41, 5.74) is 0.217. The van der Waals surface area contributed by atoms with Gasteiger partial charge in [0.25, 0.3) is 0 Å². The van der Waals surface area contributed by atoms with Crippen LogP contribution in [0.25, 0.3) is 0 Å². The first-order valence-corrected chi connectivity index (χ1v) is 12.3. The summed E-state index contributed by atoms with van der Waals surface area (Å²) in [4.78, 5) is 0. The summed E-state index contributed by atoms with van der Waals surface area (Å²) in [6.45, 7) is 9.44. The largest absolute Gasteiger partial charge is 0.412 e. The minimum atomic E-state index is -1.32. The second kappa shape index (κ2) is 9.25. The highest BCUT2D eigenvalue weighted by Gasteiger charge is 2.37. The fraction of sp³-hybridized carbons (Fsp3) is 1.00. The molecule has 0 aromatic heterocycles. The van der Waals surface area contributed by atoms with Crippen LogP contribution in [0.4, 0.5) is 0 Å². The molecule has 20 heavy (non-hydrogen) atoms. The molecule has 1 heterocycles. The molecular formula is C18H38OSi. The van der Waals surface area contributed by atoms with Gasteiger partial charge in [0, 0.05) is 0 Å². The summed E-state index contributed by atoms with van der Waals surface area (Å²) >= 11 is 0. The monoisotopic (exact) mass is 298 g/mol. The highest BCUT2D eigenvalue weighted by Crippen LogP contribution is 2.36. The number of hydrogen-bond donors (Lipinski definition) is 0. The minimum Gasteiger partial charge on any atom is -0.412 e. The summed E-state index contributed by atoms with van der Waals surface area (Å²) in [5, 5.41) is 0. The second-order valence-corrected chi connectivity index (χ2v) is 12.0. The van der Waals surface area contributed by atoms with Crippen molar-refractivity contribution >= 4 is 8.32 Å². The zero-order valence-electron chi connectivity index (χ0n) is 14.6. The normalized spacial score (nSPS) is 25.8. The number of hydrogen-bond acceptors (Lipinski definition) is 1. The number of rotatable bonds is 10. The van der Waals surface area contributed by atoms with Gasteiger partial charge < -0.3 is 4.43 Å². The molecule has 0 saturated carbocycles. The van der Waals surface area contributed by atoms with Crippen LogP contribution in [0, 0.1) is 0 Å². The maximum atomic E-state index is 6.47. The van der Waals surface area contributed by atoms with E-state index >= 15 is 0 Å². The molecule has 2 heteroatoms. The highest BCUT2D eigenvalue weighted by molar-refractivity contribution is 6.71. The van der Waals surface area contributed by atoms with Crippen molar-refractivity contribution in [2.45, 2.75) is 116 Å². The Bertz CT molecular complexity index is 252. The average Bonchev–Trinajstić information content (AvgIpc) is 2.35. The molecule has 1 unspecified atom stereocenters. The Hall–Kier alpha value is 0.177. The lowest BCUT2D eigenvalue weighted by atomic mass is 9.93. The Morgan fingerprint density at radius 1 is 0.900 bits per heavy atom. The lowest BCUT2D eigenvalue weighted by Gasteiger charge is -2.43. The molecule has 1 aliphatic heterocycles. The summed E-state index contributed by atoms with van der Waals surface area (Å²) < 4.78 is 6.47. The molecule has 0 bridgehead atoms. The molecule has 1 rings (SSSR count). The highest BCUT2D eigenvalue weighted by atomic mass is 28.4. The second-order valence-electron chi connectivity index (χ2n) is 7.74. The van der Waals surface area contributed by atoms with Crippen molar-refractivity contribution in [2.75, 3.05) is 0 Å². The van der Waals surface area contributed by atoms with Crippen molar-refractivity contribution in [2.24, 2.45) is 0 Å². The predicted octanol–water partition coefficient (Wildman–Crippen LogP) is 6.68. The molecule has 1 atom stereocenters. The van der Waals surface area contributed by atoms with E-state index in [1.165, 1.54) is 83.1 Å². The van der Waals surface area contributed by atoms with Crippen LogP contribution >= 0.6 is 0 Å². The fourth-order valence-electron chi connectivity index (χ4n) is 3.64. The third-order valence-corrected chi connectivity index (χ3v) is 7.42. The van der Waals surface area contributed by atoms with Crippen molar-refractivity contribution in [1.29, 1.82) is 0 Å². The van der Waals surface area contributed by atoms with Gasteiger partial charge in [-0.2, -0.15) is 0 Å². The van der Waals surface area contributed by atoms with Crippen LogP contribution in [0.3, 0.4) is 0 Å². The van der Waals surface area contributed by atoms with Gasteiger partial charge in [0.1, 0.15) is 0 Å². The average molecular weight is 299 g/mol. The van der Waals surface area contributed by atoms with Crippen molar-refractivity contribution < 1.29 is 4.43 Å². The Morgan fingerprint density at radius 2 is 1.45 bits per heavy atom. The molecule has 1 aliphatic rings. The summed E-state index contributed by atoms with van der Waals surface area (Å²) in [7, 11) is -1.32. The Morgan fingerprint density at radius 3 is 2.00 bits per heavy atom. The molecule has 0 aromatic carbocycles. The standard InChI is InChI=1S/C18H38OSi/c1-5-6-7-8-9-10-11-12-13-15-18(2)16-14-17-20(3,4)19-18/h5-17H2,1-4H3. The van der Waals surface area contributed by atoms with Crippen molar-refractivity contribution in [3.05, 3.63) is 0 Å². The molecular weight excluding hydrogens is 260 g/mol. The topological polar surface area (TPSA) is 9.23 Å². The first-order chi connectivity index (χ1) is 9.47. The molecule has 0 radical (unpaired) electrons. The first kappa shape index (κ1) is 18.2. The Labute approximate surface area is 129 Å². The molecule has 1 saturated heterocycles. The van der Waals surface area contributed by atoms with Crippen LogP contribution in [0.2, 0.25) is 19.1 Å². The van der Waals surface area contributed by atoms with Gasteiger partial charge >= 0.3 is 0 Å². The molecule has 0 amide bonds. The summed E-state index contributed by atoms with van der Waals surface area (Å²) in [5.74, 6) is 0. The molecule has 0 aliphatic carbocycles. The van der Waals surface area contributed by atoms with E-state index in [1.807, 2.05) is 0 Å². The molecule has 0 aromatic rings. The SMILES string of the molecule is CCCCCCCCCCCC1(C)CCC[Si](C)(C)O1. The Balaban J connectivity index is 2.00. The van der Waals surface area contributed by atoms with E-state index in [2.05, 4.69) is 26.9 Å². The molecule has 120 valence electrons. The van der Waals surface area contributed by atoms with E-state index in [9.17, 15) is 0 Å². The van der Waals surface area contributed by atoms with Gasteiger partial charge in [-0.25, -0.2) is 0 Å². The molecule has 0 spiro atoms. The van der Waals surface area contributed by atoms with Gasteiger partial charge in [0.05, 0.1) is 5.60 Å². The van der Waals surface area contributed by atoms with Crippen LogP contribution in [0.15, 0.2) is 0 Å².